The number of hydrogen-bond acceptors (Lipinski definition) is 6. The summed E-state index contributed by atoms with van der Waals surface area (Å²) in [7, 11) is 1.47. The average molecular weight is 532 g/mol. The summed E-state index contributed by atoms with van der Waals surface area (Å²) in [6.07, 6.45) is 1.69. The number of rotatable bonds is 5. The molecule has 37 heavy (non-hydrogen) atoms. The Bertz CT molecular complexity index is 1710. The molecule has 0 saturated heterocycles. The number of hydrogen-bond donors (Lipinski definition) is 2. The van der Waals surface area contributed by atoms with Gasteiger partial charge in [0, 0.05) is 10.7 Å². The van der Waals surface area contributed by atoms with Gasteiger partial charge in [-0.15, -0.1) is 0 Å². The lowest BCUT2D eigenvalue weighted by Crippen LogP contribution is -2.40. The Labute approximate surface area is 221 Å². The number of halogens is 1. The molecule has 0 fully saturated rings. The molecule has 1 aromatic heterocycles. The highest BCUT2D eigenvalue weighted by Gasteiger charge is 2.32. The Balaban J connectivity index is 1.66. The lowest BCUT2D eigenvalue weighted by molar-refractivity contribution is -0.113. The number of para-hydroxylation sites is 1. The normalized spacial score (nSPS) is 15.2. The fourth-order valence-corrected chi connectivity index (χ4v) is 5.41. The number of carbonyl (C=O) groups excluding carboxylic acids is 1. The number of nitrogens with zero attached hydrogens (tertiary/aromatic N) is 2. The molecule has 1 amide bonds. The lowest BCUT2D eigenvalue weighted by atomic mass is 9.95. The van der Waals surface area contributed by atoms with Gasteiger partial charge in [-0.1, -0.05) is 59.3 Å². The molecule has 1 atom stereocenters. The summed E-state index contributed by atoms with van der Waals surface area (Å²) in [6.45, 7) is 1.77. The van der Waals surface area contributed by atoms with Crippen LogP contribution in [0.2, 0.25) is 5.02 Å². The van der Waals surface area contributed by atoms with Gasteiger partial charge in [0.15, 0.2) is 16.3 Å². The van der Waals surface area contributed by atoms with Gasteiger partial charge in [-0.3, -0.25) is 14.2 Å². The van der Waals surface area contributed by atoms with Crippen molar-refractivity contribution in [2.45, 2.75) is 13.0 Å². The Hall–Kier alpha value is -4.14. The molecule has 4 aromatic rings. The van der Waals surface area contributed by atoms with Gasteiger partial charge in [-0.2, -0.15) is 0 Å². The van der Waals surface area contributed by atoms with E-state index in [4.69, 9.17) is 16.3 Å². The smallest absolute Gasteiger partial charge is 0.271 e. The molecule has 0 saturated carbocycles. The minimum absolute atomic E-state index is 0.0289. The topological polar surface area (TPSA) is 92.9 Å². The first-order chi connectivity index (χ1) is 17.9. The molecule has 0 radical (unpaired) electrons. The molecule has 2 N–H and O–H groups in total. The van der Waals surface area contributed by atoms with Gasteiger partial charge in [-0.05, 0) is 60.5 Å². The van der Waals surface area contributed by atoms with Gasteiger partial charge in [0.05, 0.1) is 29.0 Å². The van der Waals surface area contributed by atoms with Gasteiger partial charge >= 0.3 is 0 Å². The average Bonchev–Trinajstić information content (AvgIpc) is 3.18. The van der Waals surface area contributed by atoms with Crippen LogP contribution in [0, 0.1) is 0 Å². The van der Waals surface area contributed by atoms with E-state index in [0.717, 1.165) is 5.56 Å². The molecular formula is C28H22ClN3O4S. The number of phenols is 1. The fraction of sp³-hybridized carbons (Fsp3) is 0.107. The van der Waals surface area contributed by atoms with Crippen LogP contribution in [-0.2, 0) is 4.79 Å². The molecule has 0 aliphatic carbocycles. The highest BCUT2D eigenvalue weighted by Crippen LogP contribution is 2.31. The number of aromatic nitrogens is 1. The van der Waals surface area contributed by atoms with Crippen LogP contribution in [0.5, 0.6) is 11.5 Å². The Morgan fingerprint density at radius 3 is 2.54 bits per heavy atom. The maximum atomic E-state index is 13.7. The summed E-state index contributed by atoms with van der Waals surface area (Å²) < 4.78 is 7.06. The van der Waals surface area contributed by atoms with Crippen LogP contribution in [0.25, 0.3) is 6.08 Å². The van der Waals surface area contributed by atoms with Gasteiger partial charge in [-0.25, -0.2) is 4.99 Å². The van der Waals surface area contributed by atoms with Crippen LogP contribution in [0.1, 0.15) is 24.1 Å². The molecule has 3 aromatic carbocycles. The number of anilines is 1. The minimum Gasteiger partial charge on any atom is -0.504 e. The molecule has 5 rings (SSSR count). The Morgan fingerprint density at radius 2 is 1.86 bits per heavy atom. The highest BCUT2D eigenvalue weighted by molar-refractivity contribution is 7.07. The fourth-order valence-electron chi connectivity index (χ4n) is 4.24. The predicted molar refractivity (Wildman–Crippen MR) is 145 cm³/mol. The number of fused-ring (bicyclic) bond motifs is 1. The van der Waals surface area contributed by atoms with E-state index in [1.54, 1.807) is 61.5 Å². The summed E-state index contributed by atoms with van der Waals surface area (Å²) >= 11 is 7.35. The van der Waals surface area contributed by atoms with Crippen LogP contribution in [-0.4, -0.2) is 22.7 Å². The number of carbonyl (C=O) groups is 1. The van der Waals surface area contributed by atoms with Crippen molar-refractivity contribution in [2.24, 2.45) is 4.99 Å². The second kappa shape index (κ2) is 10.1. The first-order valence-corrected chi connectivity index (χ1v) is 12.6. The Morgan fingerprint density at radius 1 is 1.14 bits per heavy atom. The second-order valence-electron chi connectivity index (χ2n) is 8.38. The standard InChI is InChI=1S/C28H22ClN3O4S/c1-16-24(26(34)31-20-6-4-3-5-7-20)25(18-9-11-19(29)12-10-18)32-27(35)23(37-28(32)30-16)15-17-8-13-22(36-2)21(33)14-17/h3-15,25,33H,1-2H3,(H,31,34)/b23-15+/t25-/m0/s1. The zero-order valence-electron chi connectivity index (χ0n) is 19.9. The monoisotopic (exact) mass is 531 g/mol. The Kier molecular flexibility index (Phi) is 6.69. The summed E-state index contributed by atoms with van der Waals surface area (Å²) in [6, 6.07) is 20.4. The summed E-state index contributed by atoms with van der Waals surface area (Å²) in [5.74, 6) is -0.0356. The predicted octanol–water partition coefficient (Wildman–Crippen LogP) is 4.24. The van der Waals surface area contributed by atoms with E-state index in [1.165, 1.54) is 29.1 Å². The minimum atomic E-state index is -0.705. The van der Waals surface area contributed by atoms with Crippen LogP contribution in [0.3, 0.4) is 0 Å². The van der Waals surface area contributed by atoms with E-state index in [1.807, 2.05) is 18.2 Å². The van der Waals surface area contributed by atoms with Crippen molar-refractivity contribution in [3.8, 4) is 11.5 Å². The van der Waals surface area contributed by atoms with Crippen LogP contribution in [0.15, 0.2) is 93.9 Å². The second-order valence-corrected chi connectivity index (χ2v) is 9.83. The quantitative estimate of drug-likeness (QED) is 0.403. The molecule has 0 spiro atoms. The van der Waals surface area contributed by atoms with E-state index in [9.17, 15) is 14.7 Å². The number of amides is 1. The number of allylic oxidation sites excluding steroid dienone is 1. The van der Waals surface area contributed by atoms with Crippen LogP contribution < -0.4 is 24.9 Å². The highest BCUT2D eigenvalue weighted by atomic mass is 35.5. The molecule has 0 bridgehead atoms. The SMILES string of the molecule is COc1ccc(/C=c2/sc3n(c2=O)[C@@H](c2ccc(Cl)cc2)C(C(=O)Nc2ccccc2)=C(C)N=3)cc1O. The third-order valence-electron chi connectivity index (χ3n) is 5.98. The summed E-state index contributed by atoms with van der Waals surface area (Å²) in [4.78, 5) is 32.4. The van der Waals surface area contributed by atoms with Gasteiger partial charge < -0.3 is 15.2 Å². The molecule has 0 unspecified atom stereocenters. The van der Waals surface area contributed by atoms with Crippen molar-refractivity contribution in [2.75, 3.05) is 12.4 Å². The molecule has 7 nitrogen and oxygen atoms in total. The maximum absolute atomic E-state index is 13.7. The van der Waals surface area contributed by atoms with Gasteiger partial charge in [0.1, 0.15) is 0 Å². The van der Waals surface area contributed by atoms with E-state index < -0.39 is 6.04 Å². The largest absolute Gasteiger partial charge is 0.504 e. The van der Waals surface area contributed by atoms with Gasteiger partial charge in [0.2, 0.25) is 0 Å². The summed E-state index contributed by atoms with van der Waals surface area (Å²) in [5.41, 5.74) is 2.59. The van der Waals surface area contributed by atoms with Gasteiger partial charge in [0.25, 0.3) is 11.5 Å². The van der Waals surface area contributed by atoms with Crippen LogP contribution in [0.4, 0.5) is 5.69 Å². The number of aromatic hydroxyl groups is 1. The van der Waals surface area contributed by atoms with Crippen molar-refractivity contribution < 1.29 is 14.6 Å². The number of nitrogens with one attached hydrogen (secondary N) is 1. The van der Waals surface area contributed by atoms with E-state index in [0.29, 0.717) is 42.6 Å². The third kappa shape index (κ3) is 4.81. The van der Waals surface area contributed by atoms with E-state index in [-0.39, 0.29) is 17.2 Å². The van der Waals surface area contributed by atoms with E-state index in [2.05, 4.69) is 10.3 Å². The lowest BCUT2D eigenvalue weighted by Gasteiger charge is -2.25. The first kappa shape index (κ1) is 24.5. The molecule has 2 heterocycles. The van der Waals surface area contributed by atoms with Crippen molar-refractivity contribution >= 4 is 40.6 Å². The van der Waals surface area contributed by atoms with Crippen molar-refractivity contribution in [1.82, 2.24) is 4.57 Å². The van der Waals surface area contributed by atoms with Crippen molar-refractivity contribution in [3.05, 3.63) is 120 Å². The first-order valence-electron chi connectivity index (χ1n) is 11.4. The number of benzene rings is 3. The zero-order chi connectivity index (χ0) is 26.1. The van der Waals surface area contributed by atoms with E-state index >= 15 is 0 Å². The third-order valence-corrected chi connectivity index (χ3v) is 7.22. The number of phenolic OH excluding ortho intramolecular Hbond substituents is 1. The molecule has 1 aliphatic heterocycles. The van der Waals surface area contributed by atoms with Crippen molar-refractivity contribution in [3.63, 3.8) is 0 Å². The molecule has 186 valence electrons. The number of thiazole rings is 1. The van der Waals surface area contributed by atoms with Crippen LogP contribution >= 0.6 is 22.9 Å². The number of methoxy groups -OCH3 is 1. The molecular weight excluding hydrogens is 510 g/mol. The zero-order valence-corrected chi connectivity index (χ0v) is 21.5. The molecule has 1 aliphatic rings. The maximum Gasteiger partial charge on any atom is 0.271 e. The number of ether oxygens (including phenoxy) is 1. The van der Waals surface area contributed by atoms with Crippen molar-refractivity contribution in [1.29, 1.82) is 0 Å². The summed E-state index contributed by atoms with van der Waals surface area (Å²) in [5, 5.41) is 13.6. The molecule has 9 heteroatoms.